The summed E-state index contributed by atoms with van der Waals surface area (Å²) in [7, 11) is 0. The van der Waals surface area contributed by atoms with Crippen LogP contribution in [0.25, 0.3) is 0 Å². The van der Waals surface area contributed by atoms with Crippen LogP contribution in [0.2, 0.25) is 0 Å². The second-order valence-corrected chi connectivity index (χ2v) is 6.45. The smallest absolute Gasteiger partial charge is 0.239 e. The lowest BCUT2D eigenvalue weighted by Gasteiger charge is -2.38. The fourth-order valence-corrected chi connectivity index (χ4v) is 2.52. The van der Waals surface area contributed by atoms with Crippen LogP contribution in [0.3, 0.4) is 0 Å². The summed E-state index contributed by atoms with van der Waals surface area (Å²) >= 11 is 0. The van der Waals surface area contributed by atoms with Crippen LogP contribution >= 0.6 is 0 Å². The summed E-state index contributed by atoms with van der Waals surface area (Å²) in [5.41, 5.74) is 5.87. The van der Waals surface area contributed by atoms with Crippen molar-refractivity contribution in [1.29, 1.82) is 0 Å². The summed E-state index contributed by atoms with van der Waals surface area (Å²) in [6.07, 6.45) is 1.04. The van der Waals surface area contributed by atoms with Crippen LogP contribution in [-0.4, -0.2) is 67.7 Å². The van der Waals surface area contributed by atoms with Gasteiger partial charge in [-0.25, -0.2) is 0 Å². The maximum Gasteiger partial charge on any atom is 0.239 e. The first-order valence-corrected chi connectivity index (χ1v) is 7.72. The van der Waals surface area contributed by atoms with E-state index in [0.29, 0.717) is 32.8 Å². The van der Waals surface area contributed by atoms with Crippen molar-refractivity contribution in [2.45, 2.75) is 40.2 Å². The molecule has 1 saturated heterocycles. The van der Waals surface area contributed by atoms with Gasteiger partial charge in [0.15, 0.2) is 0 Å². The SMILES string of the molecule is CCCN(CC(C)(C)CN)C(C)C(=O)N1CCOCC1. The van der Waals surface area contributed by atoms with Crippen molar-refractivity contribution in [2.24, 2.45) is 11.1 Å². The van der Waals surface area contributed by atoms with Gasteiger partial charge in [-0.1, -0.05) is 20.8 Å². The van der Waals surface area contributed by atoms with E-state index < -0.39 is 0 Å². The third-order valence-corrected chi connectivity index (χ3v) is 3.92. The Kier molecular flexibility index (Phi) is 6.92. The zero-order valence-corrected chi connectivity index (χ0v) is 13.5. The highest BCUT2D eigenvalue weighted by atomic mass is 16.5. The molecule has 0 spiro atoms. The summed E-state index contributed by atoms with van der Waals surface area (Å²) in [6, 6.07) is -0.0844. The highest BCUT2D eigenvalue weighted by molar-refractivity contribution is 5.81. The maximum atomic E-state index is 12.6. The Balaban J connectivity index is 2.66. The highest BCUT2D eigenvalue weighted by Gasteiger charge is 2.30. The summed E-state index contributed by atoms with van der Waals surface area (Å²) in [5, 5.41) is 0. The first-order valence-electron chi connectivity index (χ1n) is 7.72. The van der Waals surface area contributed by atoms with E-state index in [1.165, 1.54) is 0 Å². The Morgan fingerprint density at radius 1 is 1.40 bits per heavy atom. The number of hydrogen-bond acceptors (Lipinski definition) is 4. The van der Waals surface area contributed by atoms with Gasteiger partial charge in [0.1, 0.15) is 0 Å². The van der Waals surface area contributed by atoms with Crippen molar-refractivity contribution < 1.29 is 9.53 Å². The van der Waals surface area contributed by atoms with Crippen molar-refractivity contribution >= 4 is 5.91 Å². The van der Waals surface area contributed by atoms with Gasteiger partial charge in [-0.2, -0.15) is 0 Å². The van der Waals surface area contributed by atoms with E-state index in [9.17, 15) is 4.79 Å². The molecule has 1 aliphatic rings. The van der Waals surface area contributed by atoms with Gasteiger partial charge in [-0.3, -0.25) is 9.69 Å². The van der Waals surface area contributed by atoms with Crippen LogP contribution in [-0.2, 0) is 9.53 Å². The van der Waals surface area contributed by atoms with Gasteiger partial charge in [-0.15, -0.1) is 0 Å². The fraction of sp³-hybridized carbons (Fsp3) is 0.933. The molecule has 118 valence electrons. The number of amides is 1. The first-order chi connectivity index (χ1) is 9.41. The Morgan fingerprint density at radius 3 is 2.50 bits per heavy atom. The normalized spacial score (nSPS) is 18.4. The van der Waals surface area contributed by atoms with Crippen molar-refractivity contribution in [3.8, 4) is 0 Å². The van der Waals surface area contributed by atoms with Gasteiger partial charge in [0.2, 0.25) is 5.91 Å². The molecule has 1 heterocycles. The number of carbonyl (C=O) groups is 1. The molecule has 5 nitrogen and oxygen atoms in total. The minimum atomic E-state index is -0.0844. The molecular weight excluding hydrogens is 254 g/mol. The molecule has 20 heavy (non-hydrogen) atoms. The molecule has 1 fully saturated rings. The molecule has 1 atom stereocenters. The van der Waals surface area contributed by atoms with Gasteiger partial charge in [0.05, 0.1) is 19.3 Å². The number of rotatable bonds is 7. The van der Waals surface area contributed by atoms with Crippen molar-refractivity contribution in [3.63, 3.8) is 0 Å². The van der Waals surface area contributed by atoms with Gasteiger partial charge >= 0.3 is 0 Å². The van der Waals surface area contributed by atoms with Crippen LogP contribution in [0.1, 0.15) is 34.1 Å². The van der Waals surface area contributed by atoms with Crippen LogP contribution in [0.4, 0.5) is 0 Å². The number of carbonyl (C=O) groups excluding carboxylic acids is 1. The molecule has 1 aliphatic heterocycles. The van der Waals surface area contributed by atoms with E-state index >= 15 is 0 Å². The molecule has 0 aromatic carbocycles. The predicted octanol–water partition coefficient (Wildman–Crippen LogP) is 0.931. The quantitative estimate of drug-likeness (QED) is 0.756. The van der Waals surface area contributed by atoms with Crippen LogP contribution in [0, 0.1) is 5.41 Å². The van der Waals surface area contributed by atoms with Gasteiger partial charge in [0, 0.05) is 19.6 Å². The van der Waals surface area contributed by atoms with Gasteiger partial charge < -0.3 is 15.4 Å². The fourth-order valence-electron chi connectivity index (χ4n) is 2.52. The Labute approximate surface area is 123 Å². The Morgan fingerprint density at radius 2 is 2.00 bits per heavy atom. The lowest BCUT2D eigenvalue weighted by molar-refractivity contribution is -0.141. The topological polar surface area (TPSA) is 58.8 Å². The number of nitrogens with zero attached hydrogens (tertiary/aromatic N) is 2. The van der Waals surface area contributed by atoms with Crippen molar-refractivity contribution in [1.82, 2.24) is 9.80 Å². The standard InChI is InChI=1S/C15H31N3O2/c1-5-6-18(12-15(3,4)11-16)13(2)14(19)17-7-9-20-10-8-17/h13H,5-12,16H2,1-4H3. The monoisotopic (exact) mass is 285 g/mol. The molecule has 0 saturated carbocycles. The molecule has 1 amide bonds. The summed E-state index contributed by atoms with van der Waals surface area (Å²) in [4.78, 5) is 16.8. The average Bonchev–Trinajstić information content (AvgIpc) is 2.46. The maximum absolute atomic E-state index is 12.6. The van der Waals surface area contributed by atoms with E-state index in [1.807, 2.05) is 11.8 Å². The molecule has 0 aromatic rings. The van der Waals surface area contributed by atoms with E-state index in [-0.39, 0.29) is 17.4 Å². The highest BCUT2D eigenvalue weighted by Crippen LogP contribution is 2.18. The zero-order valence-electron chi connectivity index (χ0n) is 13.5. The first kappa shape index (κ1) is 17.4. The second kappa shape index (κ2) is 7.96. The third-order valence-electron chi connectivity index (χ3n) is 3.92. The van der Waals surface area contributed by atoms with Crippen molar-refractivity contribution in [2.75, 3.05) is 45.9 Å². The second-order valence-electron chi connectivity index (χ2n) is 6.45. The molecule has 5 heteroatoms. The lowest BCUT2D eigenvalue weighted by atomic mass is 9.92. The van der Waals surface area contributed by atoms with Gasteiger partial charge in [-0.05, 0) is 31.8 Å². The molecule has 0 aliphatic carbocycles. The average molecular weight is 285 g/mol. The Bertz CT molecular complexity index is 301. The predicted molar refractivity (Wildman–Crippen MR) is 81.6 cm³/mol. The number of morpholine rings is 1. The van der Waals surface area contributed by atoms with Crippen LogP contribution in [0.5, 0.6) is 0 Å². The minimum Gasteiger partial charge on any atom is -0.378 e. The Hall–Kier alpha value is -0.650. The van der Waals surface area contributed by atoms with Crippen LogP contribution < -0.4 is 5.73 Å². The summed E-state index contributed by atoms with van der Waals surface area (Å²) in [5.74, 6) is 0.217. The number of ether oxygens (including phenoxy) is 1. The van der Waals surface area contributed by atoms with E-state index in [4.69, 9.17) is 10.5 Å². The summed E-state index contributed by atoms with van der Waals surface area (Å²) in [6.45, 7) is 13.6. The molecular formula is C15H31N3O2. The van der Waals surface area contributed by atoms with E-state index in [0.717, 1.165) is 19.5 Å². The van der Waals surface area contributed by atoms with E-state index in [2.05, 4.69) is 25.7 Å². The van der Waals surface area contributed by atoms with Crippen LogP contribution in [0.15, 0.2) is 0 Å². The van der Waals surface area contributed by atoms with Crippen molar-refractivity contribution in [3.05, 3.63) is 0 Å². The minimum absolute atomic E-state index is 0.0364. The van der Waals surface area contributed by atoms with E-state index in [1.54, 1.807) is 0 Å². The lowest BCUT2D eigenvalue weighted by Crippen LogP contribution is -2.53. The molecule has 0 radical (unpaired) electrons. The molecule has 1 unspecified atom stereocenters. The molecule has 0 bridgehead atoms. The van der Waals surface area contributed by atoms with Gasteiger partial charge in [0.25, 0.3) is 0 Å². The number of nitrogens with two attached hydrogens (primary N) is 1. The molecule has 1 rings (SSSR count). The zero-order chi connectivity index (χ0) is 15.2. The largest absolute Gasteiger partial charge is 0.378 e. The number of hydrogen-bond donors (Lipinski definition) is 1. The summed E-state index contributed by atoms with van der Waals surface area (Å²) < 4.78 is 5.31. The molecule has 2 N–H and O–H groups in total. The third kappa shape index (κ3) is 5.04. The molecule has 0 aromatic heterocycles.